The maximum atomic E-state index is 13.6. The van der Waals surface area contributed by atoms with Gasteiger partial charge in [-0.1, -0.05) is 15.9 Å². The van der Waals surface area contributed by atoms with Crippen LogP contribution in [0, 0.1) is 22.9 Å². The Balaban J connectivity index is 2.25. The normalized spacial score (nSPS) is 10.3. The highest BCUT2D eigenvalue weighted by Gasteiger charge is 2.18. The quantitative estimate of drug-likeness (QED) is 0.679. The van der Waals surface area contributed by atoms with E-state index in [-0.39, 0.29) is 23.9 Å². The third-order valence-electron chi connectivity index (χ3n) is 2.76. The molecule has 0 aliphatic carbocycles. The summed E-state index contributed by atoms with van der Waals surface area (Å²) in [5.74, 6) is -0.245. The van der Waals surface area contributed by atoms with E-state index in [0.29, 0.717) is 11.1 Å². The van der Waals surface area contributed by atoms with Crippen LogP contribution in [-0.2, 0) is 6.54 Å². The minimum absolute atomic E-state index is 0.0945. The summed E-state index contributed by atoms with van der Waals surface area (Å²) < 4.78 is 14.3. The van der Waals surface area contributed by atoms with E-state index >= 15 is 0 Å². The van der Waals surface area contributed by atoms with Crippen LogP contribution in [-0.4, -0.2) is 9.91 Å². The molecule has 5 nitrogen and oxygen atoms in total. The average molecular weight is 340 g/mol. The van der Waals surface area contributed by atoms with Gasteiger partial charge in [-0.15, -0.1) is 0 Å². The minimum Gasteiger partial charge on any atom is -0.360 e. The molecular formula is C13H11BrFN3O2. The van der Waals surface area contributed by atoms with E-state index in [1.807, 2.05) is 0 Å². The van der Waals surface area contributed by atoms with Gasteiger partial charge in [0.1, 0.15) is 5.82 Å². The van der Waals surface area contributed by atoms with Gasteiger partial charge < -0.3 is 5.32 Å². The van der Waals surface area contributed by atoms with Crippen LogP contribution in [0.2, 0.25) is 0 Å². The summed E-state index contributed by atoms with van der Waals surface area (Å²) in [6, 6.07) is 6.10. The fraction of sp³-hybridized carbons (Fsp3) is 0.154. The number of aromatic nitrogens is 1. The fourth-order valence-corrected chi connectivity index (χ4v) is 2.18. The van der Waals surface area contributed by atoms with Gasteiger partial charge >= 0.3 is 5.69 Å². The molecule has 1 N–H and O–H groups in total. The van der Waals surface area contributed by atoms with Crippen LogP contribution in [0.25, 0.3) is 0 Å². The molecule has 104 valence electrons. The summed E-state index contributed by atoms with van der Waals surface area (Å²) in [5.41, 5.74) is 0.807. The minimum atomic E-state index is -0.498. The van der Waals surface area contributed by atoms with Gasteiger partial charge in [0.2, 0.25) is 5.82 Å². The zero-order chi connectivity index (χ0) is 14.7. The van der Waals surface area contributed by atoms with Crippen LogP contribution in [0.4, 0.5) is 15.9 Å². The molecule has 20 heavy (non-hydrogen) atoms. The van der Waals surface area contributed by atoms with E-state index in [0.717, 1.165) is 4.47 Å². The molecule has 2 rings (SSSR count). The van der Waals surface area contributed by atoms with Crippen molar-refractivity contribution in [3.8, 4) is 0 Å². The van der Waals surface area contributed by atoms with Crippen LogP contribution in [0.5, 0.6) is 0 Å². The lowest BCUT2D eigenvalue weighted by atomic mass is 10.2. The molecule has 0 radical (unpaired) electrons. The van der Waals surface area contributed by atoms with Crippen molar-refractivity contribution >= 4 is 27.4 Å². The highest BCUT2D eigenvalue weighted by atomic mass is 79.9. The predicted octanol–water partition coefficient (Wildman–Crippen LogP) is 3.81. The summed E-state index contributed by atoms with van der Waals surface area (Å²) in [7, 11) is 0. The highest BCUT2D eigenvalue weighted by Crippen LogP contribution is 2.26. The molecule has 2 aromatic rings. The van der Waals surface area contributed by atoms with Gasteiger partial charge in [-0.2, -0.15) is 0 Å². The first-order chi connectivity index (χ1) is 9.49. The van der Waals surface area contributed by atoms with Crippen molar-refractivity contribution in [2.75, 3.05) is 5.32 Å². The molecule has 0 aliphatic rings. The van der Waals surface area contributed by atoms with Crippen molar-refractivity contribution < 1.29 is 9.31 Å². The number of pyridine rings is 1. The number of nitro groups is 1. The fourth-order valence-electron chi connectivity index (χ4n) is 1.77. The van der Waals surface area contributed by atoms with Crippen molar-refractivity contribution in [1.29, 1.82) is 0 Å². The maximum absolute atomic E-state index is 13.6. The van der Waals surface area contributed by atoms with E-state index in [1.54, 1.807) is 25.1 Å². The Hall–Kier alpha value is -2.02. The summed E-state index contributed by atoms with van der Waals surface area (Å²) in [5, 5.41) is 13.8. The second-order valence-electron chi connectivity index (χ2n) is 4.17. The molecule has 1 heterocycles. The van der Waals surface area contributed by atoms with Crippen molar-refractivity contribution in [3.63, 3.8) is 0 Å². The summed E-state index contributed by atoms with van der Waals surface area (Å²) in [6.07, 6.45) is 1.47. The molecule has 0 unspecified atom stereocenters. The van der Waals surface area contributed by atoms with Crippen molar-refractivity contribution in [2.24, 2.45) is 0 Å². The molecule has 0 saturated heterocycles. The van der Waals surface area contributed by atoms with E-state index in [1.165, 1.54) is 12.3 Å². The monoisotopic (exact) mass is 339 g/mol. The molecule has 1 aromatic carbocycles. The zero-order valence-corrected chi connectivity index (χ0v) is 12.1. The third-order valence-corrected chi connectivity index (χ3v) is 3.26. The number of benzene rings is 1. The highest BCUT2D eigenvalue weighted by molar-refractivity contribution is 9.10. The first-order valence-corrected chi connectivity index (χ1v) is 6.56. The van der Waals surface area contributed by atoms with E-state index < -0.39 is 4.92 Å². The van der Waals surface area contributed by atoms with Gasteiger partial charge in [0.15, 0.2) is 0 Å². The summed E-state index contributed by atoms with van der Waals surface area (Å²) in [4.78, 5) is 14.5. The van der Waals surface area contributed by atoms with Crippen LogP contribution in [0.3, 0.4) is 0 Å². The Morgan fingerprint density at radius 3 is 2.90 bits per heavy atom. The molecule has 0 saturated carbocycles. The molecular weight excluding hydrogens is 329 g/mol. The lowest BCUT2D eigenvalue weighted by molar-refractivity contribution is -0.384. The van der Waals surface area contributed by atoms with Crippen LogP contribution < -0.4 is 5.32 Å². The van der Waals surface area contributed by atoms with Gasteiger partial charge in [-0.3, -0.25) is 10.1 Å². The Labute approximate surface area is 123 Å². The van der Waals surface area contributed by atoms with Crippen molar-refractivity contribution in [2.45, 2.75) is 13.5 Å². The number of rotatable bonds is 4. The predicted molar refractivity (Wildman–Crippen MR) is 77.1 cm³/mol. The van der Waals surface area contributed by atoms with Gasteiger partial charge in [0.25, 0.3) is 0 Å². The topological polar surface area (TPSA) is 68.1 Å². The van der Waals surface area contributed by atoms with E-state index in [9.17, 15) is 14.5 Å². The Morgan fingerprint density at radius 1 is 1.45 bits per heavy atom. The molecule has 0 fully saturated rings. The number of hydrogen-bond donors (Lipinski definition) is 1. The average Bonchev–Trinajstić information content (AvgIpc) is 2.39. The molecule has 0 bridgehead atoms. The lowest BCUT2D eigenvalue weighted by Gasteiger charge is -2.08. The molecule has 0 amide bonds. The first kappa shape index (κ1) is 14.4. The van der Waals surface area contributed by atoms with Gasteiger partial charge in [-0.25, -0.2) is 9.37 Å². The number of nitrogens with one attached hydrogen (secondary N) is 1. The smallest absolute Gasteiger partial charge is 0.314 e. The molecule has 7 heteroatoms. The van der Waals surface area contributed by atoms with Gasteiger partial charge in [0, 0.05) is 28.3 Å². The second-order valence-corrected chi connectivity index (χ2v) is 5.09. The first-order valence-electron chi connectivity index (χ1n) is 5.77. The summed E-state index contributed by atoms with van der Waals surface area (Å²) >= 11 is 3.25. The maximum Gasteiger partial charge on any atom is 0.314 e. The number of nitrogens with zero attached hydrogens (tertiary/aromatic N) is 2. The zero-order valence-electron chi connectivity index (χ0n) is 10.6. The van der Waals surface area contributed by atoms with Gasteiger partial charge in [0.05, 0.1) is 4.92 Å². The summed E-state index contributed by atoms with van der Waals surface area (Å²) in [6.45, 7) is 1.74. The second kappa shape index (κ2) is 5.96. The van der Waals surface area contributed by atoms with Crippen molar-refractivity contribution in [1.82, 2.24) is 4.98 Å². The van der Waals surface area contributed by atoms with Crippen LogP contribution in [0.15, 0.2) is 34.9 Å². The number of hydrogen-bond acceptors (Lipinski definition) is 4. The third kappa shape index (κ3) is 3.11. The molecule has 0 atom stereocenters. The largest absolute Gasteiger partial charge is 0.360 e. The van der Waals surface area contributed by atoms with E-state index in [4.69, 9.17) is 0 Å². The number of halogens is 2. The molecule has 0 aliphatic heterocycles. The van der Waals surface area contributed by atoms with Gasteiger partial charge in [-0.05, 0) is 31.2 Å². The lowest BCUT2D eigenvalue weighted by Crippen LogP contribution is -2.07. The standard InChI is InChI=1S/C13H11BrFN3O2/c1-8-4-5-16-13(12(8)18(19)20)17-7-9-6-10(14)2-3-11(9)15/h2-6H,7H2,1H3,(H,16,17). The SMILES string of the molecule is Cc1ccnc(NCc2cc(Br)ccc2F)c1[N+](=O)[O-]. The van der Waals surface area contributed by atoms with E-state index in [2.05, 4.69) is 26.2 Å². The Bertz CT molecular complexity index is 664. The number of anilines is 1. The van der Waals surface area contributed by atoms with Crippen LogP contribution in [0.1, 0.15) is 11.1 Å². The Morgan fingerprint density at radius 2 is 2.20 bits per heavy atom. The molecule has 1 aromatic heterocycles. The van der Waals surface area contributed by atoms with Crippen molar-refractivity contribution in [3.05, 3.63) is 62.0 Å². The Kier molecular flexibility index (Phi) is 4.29. The molecule has 0 spiro atoms. The number of aryl methyl sites for hydroxylation is 1. The van der Waals surface area contributed by atoms with Crippen LogP contribution >= 0.6 is 15.9 Å².